The number of para-hydroxylation sites is 1. The molecule has 1 unspecified atom stereocenters. The van der Waals surface area contributed by atoms with Crippen LogP contribution >= 0.6 is 11.8 Å². The van der Waals surface area contributed by atoms with E-state index in [4.69, 9.17) is 4.74 Å². The van der Waals surface area contributed by atoms with Crippen LogP contribution in [-0.2, 0) is 9.53 Å². The maximum Gasteiger partial charge on any atom is 0.319 e. The van der Waals surface area contributed by atoms with E-state index in [1.165, 1.54) is 47.7 Å². The highest BCUT2D eigenvalue weighted by Gasteiger charge is 2.27. The van der Waals surface area contributed by atoms with E-state index in [0.29, 0.717) is 21.7 Å². The molecule has 0 bridgehead atoms. The lowest BCUT2D eigenvalue weighted by Crippen LogP contribution is -2.28. The number of fused-ring (bicyclic) bond motifs is 1. The average Bonchev–Trinajstić information content (AvgIpc) is 2.66. The van der Waals surface area contributed by atoms with Crippen molar-refractivity contribution in [1.29, 1.82) is 0 Å². The summed E-state index contributed by atoms with van der Waals surface area (Å²) in [5.41, 5.74) is 0.743. The van der Waals surface area contributed by atoms with Gasteiger partial charge < -0.3 is 4.74 Å². The highest BCUT2D eigenvalue weighted by Crippen LogP contribution is 2.29. The number of ether oxygens (including phenoxy) is 1. The molecule has 0 saturated heterocycles. The first-order chi connectivity index (χ1) is 12.9. The Morgan fingerprint density at radius 1 is 1.15 bits per heavy atom. The van der Waals surface area contributed by atoms with Crippen LogP contribution in [0.15, 0.2) is 58.5 Å². The summed E-state index contributed by atoms with van der Waals surface area (Å²) in [6.07, 6.45) is 0. The van der Waals surface area contributed by atoms with Gasteiger partial charge in [0.2, 0.25) is 0 Å². The SMILES string of the molecule is COC(=O)C(Sc1nc2ccccc2c(=O)n1-c1ccc(F)cc1)C(C)C. The first kappa shape index (κ1) is 19.1. The number of methoxy groups -OCH3 is 1. The van der Waals surface area contributed by atoms with Crippen molar-refractivity contribution >= 4 is 28.6 Å². The number of esters is 1. The molecular formula is C20H19FN2O3S. The van der Waals surface area contributed by atoms with Gasteiger partial charge in [-0.3, -0.25) is 14.2 Å². The van der Waals surface area contributed by atoms with E-state index in [9.17, 15) is 14.0 Å². The van der Waals surface area contributed by atoms with Crippen LogP contribution in [-0.4, -0.2) is 27.9 Å². The van der Waals surface area contributed by atoms with Gasteiger partial charge in [-0.2, -0.15) is 0 Å². The molecular weight excluding hydrogens is 367 g/mol. The van der Waals surface area contributed by atoms with Crippen LogP contribution in [0, 0.1) is 11.7 Å². The maximum absolute atomic E-state index is 13.4. The lowest BCUT2D eigenvalue weighted by Gasteiger charge is -2.20. The first-order valence-corrected chi connectivity index (χ1v) is 9.32. The fourth-order valence-corrected chi connectivity index (χ4v) is 3.83. The number of aromatic nitrogens is 2. The lowest BCUT2D eigenvalue weighted by molar-refractivity contribution is -0.140. The minimum Gasteiger partial charge on any atom is -0.468 e. The molecule has 0 aliphatic carbocycles. The van der Waals surface area contributed by atoms with Crippen molar-refractivity contribution in [3.63, 3.8) is 0 Å². The normalized spacial score (nSPS) is 12.3. The Morgan fingerprint density at radius 2 is 1.81 bits per heavy atom. The number of hydrogen-bond donors (Lipinski definition) is 0. The van der Waals surface area contributed by atoms with Crippen molar-refractivity contribution < 1.29 is 13.9 Å². The second-order valence-electron chi connectivity index (χ2n) is 6.33. The van der Waals surface area contributed by atoms with Gasteiger partial charge in [-0.25, -0.2) is 9.37 Å². The monoisotopic (exact) mass is 386 g/mol. The van der Waals surface area contributed by atoms with Gasteiger partial charge in [0, 0.05) is 0 Å². The topological polar surface area (TPSA) is 61.2 Å². The van der Waals surface area contributed by atoms with Crippen LogP contribution in [0.25, 0.3) is 16.6 Å². The zero-order chi connectivity index (χ0) is 19.6. The van der Waals surface area contributed by atoms with E-state index in [2.05, 4.69) is 4.98 Å². The third kappa shape index (κ3) is 3.88. The highest BCUT2D eigenvalue weighted by atomic mass is 32.2. The summed E-state index contributed by atoms with van der Waals surface area (Å²) in [5.74, 6) is -0.820. The van der Waals surface area contributed by atoms with Crippen molar-refractivity contribution in [1.82, 2.24) is 9.55 Å². The van der Waals surface area contributed by atoms with Gasteiger partial charge in [0.25, 0.3) is 5.56 Å². The van der Waals surface area contributed by atoms with Crippen molar-refractivity contribution in [2.45, 2.75) is 24.3 Å². The number of nitrogens with zero attached hydrogens (tertiary/aromatic N) is 2. The van der Waals surface area contributed by atoms with E-state index in [1.54, 1.807) is 24.3 Å². The first-order valence-electron chi connectivity index (χ1n) is 8.44. The number of hydrogen-bond acceptors (Lipinski definition) is 5. The van der Waals surface area contributed by atoms with E-state index >= 15 is 0 Å². The molecule has 0 fully saturated rings. The molecule has 1 aromatic heterocycles. The van der Waals surface area contributed by atoms with E-state index < -0.39 is 11.1 Å². The summed E-state index contributed by atoms with van der Waals surface area (Å²) in [7, 11) is 1.33. The van der Waals surface area contributed by atoms with Crippen molar-refractivity contribution in [2.24, 2.45) is 5.92 Å². The molecule has 1 atom stereocenters. The Hall–Kier alpha value is -2.67. The molecule has 0 aliphatic heterocycles. The summed E-state index contributed by atoms with van der Waals surface area (Å²) < 4.78 is 19.7. The second-order valence-corrected chi connectivity index (χ2v) is 7.44. The molecule has 0 amide bonds. The number of carbonyl (C=O) groups is 1. The standard InChI is InChI=1S/C20H19FN2O3S/c1-12(2)17(19(25)26-3)27-20-22-16-7-5-4-6-15(16)18(24)23(20)14-10-8-13(21)9-11-14/h4-12,17H,1-3H3. The molecule has 0 N–H and O–H groups in total. The molecule has 27 heavy (non-hydrogen) atoms. The summed E-state index contributed by atoms with van der Waals surface area (Å²) in [5, 5.41) is 0.273. The molecule has 0 spiro atoms. The van der Waals surface area contributed by atoms with Crippen LogP contribution < -0.4 is 5.56 Å². The Labute approximate surface area is 160 Å². The largest absolute Gasteiger partial charge is 0.468 e. The fourth-order valence-electron chi connectivity index (χ4n) is 2.70. The van der Waals surface area contributed by atoms with E-state index in [-0.39, 0.29) is 17.4 Å². The van der Waals surface area contributed by atoms with Crippen LogP contribution in [0.5, 0.6) is 0 Å². The van der Waals surface area contributed by atoms with E-state index in [1.807, 2.05) is 13.8 Å². The van der Waals surface area contributed by atoms with Gasteiger partial charge in [-0.1, -0.05) is 37.7 Å². The number of carbonyl (C=O) groups excluding carboxylic acids is 1. The Kier molecular flexibility index (Phi) is 5.60. The predicted molar refractivity (Wildman–Crippen MR) is 104 cm³/mol. The summed E-state index contributed by atoms with van der Waals surface area (Å²) in [6, 6.07) is 12.6. The quantitative estimate of drug-likeness (QED) is 0.379. The highest BCUT2D eigenvalue weighted by molar-refractivity contribution is 8.00. The molecule has 3 aromatic rings. The lowest BCUT2D eigenvalue weighted by atomic mass is 10.1. The predicted octanol–water partition coefficient (Wildman–Crippen LogP) is 3.81. The van der Waals surface area contributed by atoms with Gasteiger partial charge in [0.1, 0.15) is 11.1 Å². The summed E-state index contributed by atoms with van der Waals surface area (Å²) in [4.78, 5) is 29.9. The molecule has 0 aliphatic rings. The van der Waals surface area contributed by atoms with Crippen LogP contribution in [0.3, 0.4) is 0 Å². The molecule has 0 radical (unpaired) electrons. The van der Waals surface area contributed by atoms with Gasteiger partial charge in [-0.15, -0.1) is 0 Å². The maximum atomic E-state index is 13.4. The Morgan fingerprint density at radius 3 is 2.44 bits per heavy atom. The third-order valence-corrected chi connectivity index (χ3v) is 5.58. The van der Waals surface area contributed by atoms with Gasteiger partial charge in [0.05, 0.1) is 23.7 Å². The Balaban J connectivity index is 2.23. The summed E-state index contributed by atoms with van der Waals surface area (Å²) in [6.45, 7) is 3.80. The van der Waals surface area contributed by atoms with Crippen LogP contribution in [0.1, 0.15) is 13.8 Å². The van der Waals surface area contributed by atoms with Crippen LogP contribution in [0.2, 0.25) is 0 Å². The molecule has 1 heterocycles. The molecule has 140 valence electrons. The van der Waals surface area contributed by atoms with Crippen LogP contribution in [0.4, 0.5) is 4.39 Å². The summed E-state index contributed by atoms with van der Waals surface area (Å²) >= 11 is 1.17. The zero-order valence-corrected chi connectivity index (χ0v) is 16.0. The van der Waals surface area contributed by atoms with Gasteiger partial charge in [0.15, 0.2) is 5.16 Å². The van der Waals surface area contributed by atoms with Crippen molar-refractivity contribution in [3.05, 3.63) is 64.7 Å². The average molecular weight is 386 g/mol. The fraction of sp³-hybridized carbons (Fsp3) is 0.250. The van der Waals surface area contributed by atoms with Crippen molar-refractivity contribution in [2.75, 3.05) is 7.11 Å². The second kappa shape index (κ2) is 7.92. The van der Waals surface area contributed by atoms with E-state index in [0.717, 1.165) is 0 Å². The zero-order valence-electron chi connectivity index (χ0n) is 15.2. The number of benzene rings is 2. The third-order valence-electron chi connectivity index (χ3n) is 4.10. The number of rotatable bonds is 5. The molecule has 0 saturated carbocycles. The van der Waals surface area contributed by atoms with Gasteiger partial charge >= 0.3 is 5.97 Å². The molecule has 2 aromatic carbocycles. The smallest absolute Gasteiger partial charge is 0.319 e. The number of halogens is 1. The number of thioether (sulfide) groups is 1. The molecule has 7 heteroatoms. The molecule has 5 nitrogen and oxygen atoms in total. The minimum absolute atomic E-state index is 0.0347. The molecule has 3 rings (SSSR count). The van der Waals surface area contributed by atoms with Crippen molar-refractivity contribution in [3.8, 4) is 5.69 Å². The van der Waals surface area contributed by atoms with Gasteiger partial charge in [-0.05, 0) is 42.3 Å². The minimum atomic E-state index is -0.533. The Bertz CT molecular complexity index is 1030.